The van der Waals surface area contributed by atoms with E-state index in [2.05, 4.69) is 10.4 Å². The summed E-state index contributed by atoms with van der Waals surface area (Å²) in [4.78, 5) is 32.9. The van der Waals surface area contributed by atoms with Crippen LogP contribution in [0.15, 0.2) is 6.07 Å². The average molecular weight is 283 g/mol. The molecular weight excluding hydrogens is 266 g/mol. The molecule has 0 fully saturated rings. The van der Waals surface area contributed by atoms with Crippen LogP contribution in [0.4, 0.5) is 0 Å². The molecule has 0 aliphatic rings. The van der Waals surface area contributed by atoms with Gasteiger partial charge in [-0.15, -0.1) is 0 Å². The van der Waals surface area contributed by atoms with E-state index in [-0.39, 0.29) is 6.42 Å². The highest BCUT2D eigenvalue weighted by molar-refractivity contribution is 5.86. The van der Waals surface area contributed by atoms with E-state index in [1.807, 2.05) is 19.9 Å². The van der Waals surface area contributed by atoms with Gasteiger partial charge in [0.25, 0.3) is 0 Å². The third kappa shape index (κ3) is 4.71. The van der Waals surface area contributed by atoms with Crippen LogP contribution >= 0.6 is 0 Å². The molecule has 1 aromatic heterocycles. The molecule has 110 valence electrons. The molecule has 0 aromatic carbocycles. The van der Waals surface area contributed by atoms with Crippen molar-refractivity contribution in [2.24, 2.45) is 0 Å². The maximum atomic E-state index is 11.6. The number of aliphatic carboxylic acids is 2. The molecule has 1 heterocycles. The summed E-state index contributed by atoms with van der Waals surface area (Å²) in [5, 5.41) is 23.7. The first kappa shape index (κ1) is 15.7. The molecule has 20 heavy (non-hydrogen) atoms. The standard InChI is InChI=1S/C12H17N3O5/c1-7-5-8(2)15(14-7)4-3-10(16)13-9(12(19)20)6-11(17)18/h5,9H,3-4,6H2,1-2H3,(H,13,16)(H,17,18)(H,19,20)/t9-/m1/s1. The highest BCUT2D eigenvalue weighted by Crippen LogP contribution is 2.03. The highest BCUT2D eigenvalue weighted by Gasteiger charge is 2.22. The Morgan fingerprint density at radius 1 is 1.35 bits per heavy atom. The van der Waals surface area contributed by atoms with Gasteiger partial charge >= 0.3 is 11.9 Å². The summed E-state index contributed by atoms with van der Waals surface area (Å²) in [6.45, 7) is 3.99. The Balaban J connectivity index is 2.52. The van der Waals surface area contributed by atoms with Gasteiger partial charge in [0.15, 0.2) is 0 Å². The van der Waals surface area contributed by atoms with Gasteiger partial charge in [-0.2, -0.15) is 5.10 Å². The number of amides is 1. The first-order valence-corrected chi connectivity index (χ1v) is 6.04. The summed E-state index contributed by atoms with van der Waals surface area (Å²) < 4.78 is 1.64. The maximum Gasteiger partial charge on any atom is 0.326 e. The van der Waals surface area contributed by atoms with Gasteiger partial charge in [0.1, 0.15) is 6.04 Å². The molecule has 8 heteroatoms. The lowest BCUT2D eigenvalue weighted by atomic mass is 10.2. The van der Waals surface area contributed by atoms with Crippen LogP contribution < -0.4 is 5.32 Å². The third-order valence-corrected chi connectivity index (χ3v) is 2.67. The molecule has 1 atom stereocenters. The van der Waals surface area contributed by atoms with Gasteiger partial charge in [-0.3, -0.25) is 14.3 Å². The number of hydrogen-bond acceptors (Lipinski definition) is 4. The highest BCUT2D eigenvalue weighted by atomic mass is 16.4. The number of carbonyl (C=O) groups excluding carboxylic acids is 1. The lowest BCUT2D eigenvalue weighted by molar-refractivity contribution is -0.147. The molecule has 0 aliphatic heterocycles. The summed E-state index contributed by atoms with van der Waals surface area (Å²) in [5.74, 6) is -3.17. The smallest absolute Gasteiger partial charge is 0.326 e. The second kappa shape index (κ2) is 6.69. The summed E-state index contributed by atoms with van der Waals surface area (Å²) in [5.41, 5.74) is 1.73. The molecule has 0 radical (unpaired) electrons. The molecule has 1 rings (SSSR count). The molecule has 0 saturated carbocycles. The molecule has 0 aliphatic carbocycles. The quantitative estimate of drug-likeness (QED) is 0.644. The predicted octanol–water partition coefficient (Wildman–Crippen LogP) is -0.0659. The van der Waals surface area contributed by atoms with E-state index in [9.17, 15) is 14.4 Å². The van der Waals surface area contributed by atoms with E-state index in [1.54, 1.807) is 4.68 Å². The molecule has 3 N–H and O–H groups in total. The Morgan fingerprint density at radius 2 is 2.00 bits per heavy atom. The van der Waals surface area contributed by atoms with Crippen molar-refractivity contribution in [1.29, 1.82) is 0 Å². The normalized spacial score (nSPS) is 11.9. The maximum absolute atomic E-state index is 11.6. The van der Waals surface area contributed by atoms with Crippen LogP contribution in [0.2, 0.25) is 0 Å². The number of aryl methyl sites for hydroxylation is 3. The average Bonchev–Trinajstić information content (AvgIpc) is 2.63. The zero-order valence-corrected chi connectivity index (χ0v) is 11.3. The molecule has 0 spiro atoms. The minimum Gasteiger partial charge on any atom is -0.481 e. The van der Waals surface area contributed by atoms with E-state index in [4.69, 9.17) is 10.2 Å². The molecule has 0 unspecified atom stereocenters. The van der Waals surface area contributed by atoms with Crippen molar-refractivity contribution in [3.05, 3.63) is 17.5 Å². The predicted molar refractivity (Wildman–Crippen MR) is 68.1 cm³/mol. The molecule has 0 bridgehead atoms. The lowest BCUT2D eigenvalue weighted by Crippen LogP contribution is -2.42. The number of aromatic nitrogens is 2. The summed E-state index contributed by atoms with van der Waals surface area (Å²) in [6, 6.07) is 0.447. The number of rotatable bonds is 7. The van der Waals surface area contributed by atoms with Crippen LogP contribution in [0, 0.1) is 13.8 Å². The van der Waals surface area contributed by atoms with Crippen LogP contribution in [0.5, 0.6) is 0 Å². The number of nitrogens with zero attached hydrogens (tertiary/aromatic N) is 2. The van der Waals surface area contributed by atoms with Crippen LogP contribution in [0.25, 0.3) is 0 Å². The summed E-state index contributed by atoms with van der Waals surface area (Å²) in [6.07, 6.45) is -0.619. The Bertz CT molecular complexity index is 523. The van der Waals surface area contributed by atoms with E-state index >= 15 is 0 Å². The van der Waals surface area contributed by atoms with Gasteiger partial charge in [-0.1, -0.05) is 0 Å². The van der Waals surface area contributed by atoms with Crippen molar-refractivity contribution >= 4 is 17.8 Å². The lowest BCUT2D eigenvalue weighted by Gasteiger charge is -2.12. The molecule has 1 amide bonds. The number of carbonyl (C=O) groups is 3. The van der Waals surface area contributed by atoms with Crippen molar-refractivity contribution in [3.63, 3.8) is 0 Å². The molecule has 0 saturated heterocycles. The van der Waals surface area contributed by atoms with Gasteiger partial charge in [0, 0.05) is 18.7 Å². The second-order valence-corrected chi connectivity index (χ2v) is 4.46. The van der Waals surface area contributed by atoms with E-state index < -0.39 is 30.3 Å². The van der Waals surface area contributed by atoms with E-state index in [0.717, 1.165) is 11.4 Å². The molecule has 8 nitrogen and oxygen atoms in total. The van der Waals surface area contributed by atoms with Gasteiger partial charge in [0.05, 0.1) is 12.1 Å². The summed E-state index contributed by atoms with van der Waals surface area (Å²) in [7, 11) is 0. The summed E-state index contributed by atoms with van der Waals surface area (Å²) >= 11 is 0. The number of carboxylic acid groups (broad SMARTS) is 2. The SMILES string of the molecule is Cc1cc(C)n(CCC(=O)N[C@H](CC(=O)O)C(=O)O)n1. The van der Waals surface area contributed by atoms with Crippen LogP contribution in [-0.4, -0.2) is 43.9 Å². The number of carboxylic acids is 2. The van der Waals surface area contributed by atoms with Gasteiger partial charge in [-0.05, 0) is 19.9 Å². The Labute approximate surface area is 115 Å². The topological polar surface area (TPSA) is 122 Å². The fourth-order valence-corrected chi connectivity index (χ4v) is 1.75. The fourth-order valence-electron chi connectivity index (χ4n) is 1.75. The number of hydrogen-bond donors (Lipinski definition) is 3. The minimum absolute atomic E-state index is 0.0331. The Kier molecular flexibility index (Phi) is 5.24. The zero-order chi connectivity index (χ0) is 15.3. The van der Waals surface area contributed by atoms with Crippen molar-refractivity contribution in [3.8, 4) is 0 Å². The van der Waals surface area contributed by atoms with Crippen molar-refractivity contribution < 1.29 is 24.6 Å². The van der Waals surface area contributed by atoms with Gasteiger partial charge < -0.3 is 15.5 Å². The monoisotopic (exact) mass is 283 g/mol. The fraction of sp³-hybridized carbons (Fsp3) is 0.500. The van der Waals surface area contributed by atoms with Crippen molar-refractivity contribution in [1.82, 2.24) is 15.1 Å². The van der Waals surface area contributed by atoms with Crippen molar-refractivity contribution in [2.45, 2.75) is 39.3 Å². The Morgan fingerprint density at radius 3 is 2.45 bits per heavy atom. The van der Waals surface area contributed by atoms with E-state index in [1.165, 1.54) is 0 Å². The largest absolute Gasteiger partial charge is 0.481 e. The third-order valence-electron chi connectivity index (χ3n) is 2.67. The number of nitrogens with one attached hydrogen (secondary N) is 1. The van der Waals surface area contributed by atoms with Crippen LogP contribution in [-0.2, 0) is 20.9 Å². The van der Waals surface area contributed by atoms with Crippen LogP contribution in [0.3, 0.4) is 0 Å². The van der Waals surface area contributed by atoms with Crippen LogP contribution in [0.1, 0.15) is 24.2 Å². The van der Waals surface area contributed by atoms with Gasteiger partial charge in [0.2, 0.25) is 5.91 Å². The van der Waals surface area contributed by atoms with Gasteiger partial charge in [-0.25, -0.2) is 4.79 Å². The second-order valence-electron chi connectivity index (χ2n) is 4.46. The first-order chi connectivity index (χ1) is 9.29. The van der Waals surface area contributed by atoms with E-state index in [0.29, 0.717) is 6.54 Å². The minimum atomic E-state index is -1.42. The molecule has 1 aromatic rings. The molecular formula is C12H17N3O5. The van der Waals surface area contributed by atoms with Crippen molar-refractivity contribution in [2.75, 3.05) is 0 Å². The first-order valence-electron chi connectivity index (χ1n) is 6.04. The Hall–Kier alpha value is -2.38. The zero-order valence-electron chi connectivity index (χ0n) is 11.3.